The zero-order valence-electron chi connectivity index (χ0n) is 10.8. The van der Waals surface area contributed by atoms with Crippen LogP contribution < -0.4 is 15.3 Å². The van der Waals surface area contributed by atoms with E-state index in [1.54, 1.807) is 17.5 Å². The molecule has 0 aliphatic heterocycles. The number of aromatic amines is 1. The van der Waals surface area contributed by atoms with E-state index in [1.807, 2.05) is 13.0 Å². The number of H-pyrrole nitrogens is 1. The van der Waals surface area contributed by atoms with E-state index in [0.717, 1.165) is 22.6 Å². The van der Waals surface area contributed by atoms with Gasteiger partial charge in [-0.1, -0.05) is 23.5 Å². The molecule has 0 bridgehead atoms. The number of hydrogen-bond donors (Lipinski definition) is 3. The van der Waals surface area contributed by atoms with Gasteiger partial charge in [0.05, 0.1) is 4.90 Å². The highest BCUT2D eigenvalue weighted by Crippen LogP contribution is 2.17. The lowest BCUT2D eigenvalue weighted by molar-refractivity contribution is 0.566. The largest absolute Gasteiger partial charge is 0.315 e. The first-order chi connectivity index (χ1) is 9.36. The van der Waals surface area contributed by atoms with Gasteiger partial charge in [-0.15, -0.1) is 0 Å². The van der Waals surface area contributed by atoms with Gasteiger partial charge in [0.25, 0.3) is 0 Å². The fraction of sp³-hybridized carbons (Fsp3) is 0.250. The summed E-state index contributed by atoms with van der Waals surface area (Å²) < 4.78 is 22.6. The molecule has 0 aliphatic rings. The van der Waals surface area contributed by atoms with Crippen molar-refractivity contribution in [1.82, 2.24) is 10.3 Å². The van der Waals surface area contributed by atoms with Gasteiger partial charge in [0.15, 0.2) is 0 Å². The van der Waals surface area contributed by atoms with Crippen LogP contribution in [0.4, 0.5) is 0 Å². The third kappa shape index (κ3) is 3.76. The van der Waals surface area contributed by atoms with E-state index in [4.69, 9.17) is 5.14 Å². The third-order valence-electron chi connectivity index (χ3n) is 2.86. The van der Waals surface area contributed by atoms with Gasteiger partial charge >= 0.3 is 4.87 Å². The molecule has 8 heteroatoms. The van der Waals surface area contributed by atoms with E-state index in [2.05, 4.69) is 10.3 Å². The lowest BCUT2D eigenvalue weighted by Crippen LogP contribution is -2.19. The molecule has 2 aromatic rings. The van der Waals surface area contributed by atoms with Crippen LogP contribution in [0.2, 0.25) is 0 Å². The summed E-state index contributed by atoms with van der Waals surface area (Å²) >= 11 is 1.11. The molecule has 1 aromatic heterocycles. The number of sulfonamides is 1. The molecule has 0 amide bonds. The van der Waals surface area contributed by atoms with E-state index < -0.39 is 10.0 Å². The van der Waals surface area contributed by atoms with Crippen LogP contribution in [0.25, 0.3) is 0 Å². The first-order valence-corrected chi connectivity index (χ1v) is 8.31. The number of aromatic nitrogens is 1. The molecule has 0 aliphatic carbocycles. The fourth-order valence-corrected chi connectivity index (χ4v) is 2.89. The molecule has 0 saturated carbocycles. The molecule has 1 heterocycles. The summed E-state index contributed by atoms with van der Waals surface area (Å²) in [6.07, 6.45) is 0. The van der Waals surface area contributed by atoms with Gasteiger partial charge in [0, 0.05) is 23.7 Å². The summed E-state index contributed by atoms with van der Waals surface area (Å²) in [6.45, 7) is 2.41. The van der Waals surface area contributed by atoms with E-state index >= 15 is 0 Å². The van der Waals surface area contributed by atoms with Crippen molar-refractivity contribution in [3.63, 3.8) is 0 Å². The third-order valence-corrected chi connectivity index (χ3v) is 4.49. The number of thiazole rings is 1. The molecular formula is C12H15N3O3S2. The molecule has 1 aromatic carbocycles. The SMILES string of the molecule is CC(NCc1csc(=O)[nH]1)c1cccc(S(N)(=O)=O)c1. The van der Waals surface area contributed by atoms with E-state index in [9.17, 15) is 13.2 Å². The van der Waals surface area contributed by atoms with Gasteiger partial charge < -0.3 is 10.3 Å². The average molecular weight is 313 g/mol. The molecule has 0 spiro atoms. The van der Waals surface area contributed by atoms with Crippen LogP contribution in [-0.2, 0) is 16.6 Å². The number of rotatable bonds is 5. The summed E-state index contributed by atoms with van der Waals surface area (Å²) in [6, 6.07) is 6.41. The highest BCUT2D eigenvalue weighted by Gasteiger charge is 2.11. The Balaban J connectivity index is 2.09. The second kappa shape index (κ2) is 5.88. The van der Waals surface area contributed by atoms with Crippen molar-refractivity contribution in [2.45, 2.75) is 24.4 Å². The minimum absolute atomic E-state index is 0.0693. The average Bonchev–Trinajstić information content (AvgIpc) is 2.81. The second-order valence-corrected chi connectivity index (χ2v) is 6.80. The Kier molecular flexibility index (Phi) is 4.39. The van der Waals surface area contributed by atoms with Crippen molar-refractivity contribution in [1.29, 1.82) is 0 Å². The van der Waals surface area contributed by atoms with Gasteiger partial charge in [0.2, 0.25) is 10.0 Å². The van der Waals surface area contributed by atoms with E-state index in [0.29, 0.717) is 6.54 Å². The summed E-state index contributed by atoms with van der Waals surface area (Å²) in [5, 5.41) is 10.1. The summed E-state index contributed by atoms with van der Waals surface area (Å²) in [7, 11) is -3.70. The van der Waals surface area contributed by atoms with Gasteiger partial charge in [-0.2, -0.15) is 0 Å². The van der Waals surface area contributed by atoms with Crippen LogP contribution in [0.5, 0.6) is 0 Å². The predicted molar refractivity (Wildman–Crippen MR) is 78.0 cm³/mol. The highest BCUT2D eigenvalue weighted by molar-refractivity contribution is 7.89. The predicted octanol–water partition coefficient (Wildman–Crippen LogP) is 0.935. The first kappa shape index (κ1) is 14.9. The summed E-state index contributed by atoms with van der Waals surface area (Å²) in [5.74, 6) is 0. The molecule has 108 valence electrons. The Morgan fingerprint density at radius 2 is 2.20 bits per heavy atom. The maximum Gasteiger partial charge on any atom is 0.304 e. The van der Waals surface area contributed by atoms with Gasteiger partial charge in [-0.05, 0) is 24.6 Å². The zero-order valence-corrected chi connectivity index (χ0v) is 12.4. The Hall–Kier alpha value is -1.48. The Labute approximate surface area is 120 Å². The normalized spacial score (nSPS) is 13.3. The Morgan fingerprint density at radius 1 is 1.45 bits per heavy atom. The Morgan fingerprint density at radius 3 is 2.80 bits per heavy atom. The lowest BCUT2D eigenvalue weighted by atomic mass is 10.1. The maximum atomic E-state index is 11.3. The molecule has 6 nitrogen and oxygen atoms in total. The number of primary sulfonamides is 1. The molecule has 0 saturated heterocycles. The van der Waals surface area contributed by atoms with Gasteiger partial charge in [-0.3, -0.25) is 4.79 Å². The number of hydrogen-bond acceptors (Lipinski definition) is 5. The molecule has 0 fully saturated rings. The molecule has 1 unspecified atom stereocenters. The van der Waals surface area contributed by atoms with Crippen LogP contribution in [0, 0.1) is 0 Å². The minimum atomic E-state index is -3.70. The molecule has 2 rings (SSSR count). The van der Waals surface area contributed by atoms with Crippen LogP contribution in [0.1, 0.15) is 24.2 Å². The monoisotopic (exact) mass is 313 g/mol. The quantitative estimate of drug-likeness (QED) is 0.763. The second-order valence-electron chi connectivity index (χ2n) is 4.39. The number of benzene rings is 1. The summed E-state index contributed by atoms with van der Waals surface area (Å²) in [5.41, 5.74) is 1.61. The van der Waals surface area contributed by atoms with Crippen LogP contribution in [0.15, 0.2) is 39.3 Å². The first-order valence-electron chi connectivity index (χ1n) is 5.89. The van der Waals surface area contributed by atoms with Crippen molar-refractivity contribution < 1.29 is 8.42 Å². The topological polar surface area (TPSA) is 105 Å². The van der Waals surface area contributed by atoms with Crippen molar-refractivity contribution in [3.8, 4) is 0 Å². The number of nitrogens with one attached hydrogen (secondary N) is 2. The lowest BCUT2D eigenvalue weighted by Gasteiger charge is -2.14. The summed E-state index contributed by atoms with van der Waals surface area (Å²) in [4.78, 5) is 13.7. The van der Waals surface area contributed by atoms with E-state index in [1.165, 1.54) is 6.07 Å². The number of nitrogens with two attached hydrogens (primary N) is 1. The van der Waals surface area contributed by atoms with Crippen LogP contribution in [-0.4, -0.2) is 13.4 Å². The molecule has 4 N–H and O–H groups in total. The van der Waals surface area contributed by atoms with Crippen LogP contribution >= 0.6 is 11.3 Å². The van der Waals surface area contributed by atoms with Gasteiger partial charge in [0.1, 0.15) is 0 Å². The molecular weight excluding hydrogens is 298 g/mol. The fourth-order valence-electron chi connectivity index (χ4n) is 1.74. The van der Waals surface area contributed by atoms with Crippen molar-refractivity contribution >= 4 is 21.4 Å². The van der Waals surface area contributed by atoms with Crippen molar-refractivity contribution in [2.24, 2.45) is 5.14 Å². The molecule has 20 heavy (non-hydrogen) atoms. The zero-order chi connectivity index (χ0) is 14.8. The van der Waals surface area contributed by atoms with Crippen molar-refractivity contribution in [2.75, 3.05) is 0 Å². The standard InChI is InChI=1S/C12H15N3O3S2/c1-8(14-6-10-7-19-12(16)15-10)9-3-2-4-11(5-9)20(13,17)18/h2-5,7-8,14H,6H2,1H3,(H,15,16)(H2,13,17,18). The molecule has 0 radical (unpaired) electrons. The van der Waals surface area contributed by atoms with E-state index in [-0.39, 0.29) is 15.8 Å². The van der Waals surface area contributed by atoms with Crippen LogP contribution in [0.3, 0.4) is 0 Å². The smallest absolute Gasteiger partial charge is 0.304 e. The minimum Gasteiger partial charge on any atom is -0.315 e. The molecule has 1 atom stereocenters. The Bertz CT molecular complexity index is 749. The highest BCUT2D eigenvalue weighted by atomic mass is 32.2. The maximum absolute atomic E-state index is 11.3. The van der Waals surface area contributed by atoms with Gasteiger partial charge in [-0.25, -0.2) is 13.6 Å². The van der Waals surface area contributed by atoms with Crippen molar-refractivity contribution in [3.05, 3.63) is 50.6 Å².